The Kier molecular flexibility index (Phi) is 4.71. The molecule has 1 aliphatic rings. The summed E-state index contributed by atoms with van der Waals surface area (Å²) >= 11 is 3.58. The zero-order valence-corrected chi connectivity index (χ0v) is 15.0. The third kappa shape index (κ3) is 3.75. The van der Waals surface area contributed by atoms with Crippen molar-refractivity contribution in [3.63, 3.8) is 0 Å². The molecule has 122 valence electrons. The highest BCUT2D eigenvalue weighted by atomic mass is 79.9. The van der Waals surface area contributed by atoms with Gasteiger partial charge < -0.3 is 10.2 Å². The lowest BCUT2D eigenvalue weighted by molar-refractivity contribution is 0.131. The van der Waals surface area contributed by atoms with Gasteiger partial charge in [0.15, 0.2) is 0 Å². The summed E-state index contributed by atoms with van der Waals surface area (Å²) in [5.41, 5.74) is 2.05. The molecule has 0 saturated carbocycles. The summed E-state index contributed by atoms with van der Waals surface area (Å²) in [6.45, 7) is 5.71. The first-order valence-corrected chi connectivity index (χ1v) is 8.65. The summed E-state index contributed by atoms with van der Waals surface area (Å²) < 4.78 is 2.98. The van der Waals surface area contributed by atoms with Gasteiger partial charge in [0.1, 0.15) is 0 Å². The number of hydrogen-bond donors (Lipinski definition) is 1. The summed E-state index contributed by atoms with van der Waals surface area (Å²) in [7, 11) is 0. The maximum atomic E-state index is 12.2. The Hall–Kier alpha value is -1.82. The minimum absolute atomic E-state index is 0.0447. The number of aromatic nitrogens is 2. The van der Waals surface area contributed by atoms with Crippen molar-refractivity contribution >= 4 is 27.6 Å². The predicted octanol–water partition coefficient (Wildman–Crippen LogP) is 3.93. The van der Waals surface area contributed by atoms with Gasteiger partial charge in [-0.1, -0.05) is 34.1 Å². The van der Waals surface area contributed by atoms with E-state index >= 15 is 0 Å². The zero-order valence-electron chi connectivity index (χ0n) is 13.4. The Labute approximate surface area is 144 Å². The normalized spacial score (nSPS) is 14.9. The van der Waals surface area contributed by atoms with Crippen LogP contribution in [0.4, 0.5) is 10.5 Å². The molecule has 0 aliphatic carbocycles. The van der Waals surface area contributed by atoms with Gasteiger partial charge in [-0.3, -0.25) is 4.68 Å². The van der Waals surface area contributed by atoms with Crippen molar-refractivity contribution in [2.45, 2.75) is 26.3 Å². The molecule has 0 bridgehead atoms. The minimum Gasteiger partial charge on any atom is -0.324 e. The Morgan fingerprint density at radius 1 is 1.39 bits per heavy atom. The van der Waals surface area contributed by atoms with Gasteiger partial charge in [-0.05, 0) is 37.8 Å². The zero-order chi connectivity index (χ0) is 16.4. The highest BCUT2D eigenvalue weighted by Crippen LogP contribution is 2.25. The molecule has 2 amide bonds. The van der Waals surface area contributed by atoms with E-state index in [2.05, 4.69) is 58.4 Å². The SMILES string of the molecule is CC(C)n1cc(NC(=O)N2CC(Cc3ccccc3Br)C2)cn1. The second-order valence-electron chi connectivity index (χ2n) is 6.30. The number of rotatable bonds is 4. The summed E-state index contributed by atoms with van der Waals surface area (Å²) in [5.74, 6) is 0.526. The Balaban J connectivity index is 1.49. The van der Waals surface area contributed by atoms with Crippen LogP contribution in [0.5, 0.6) is 0 Å². The standard InChI is InChI=1S/C17H21BrN4O/c1-12(2)22-11-15(8-19-22)20-17(23)21-9-13(10-21)7-14-5-3-4-6-16(14)18/h3-6,8,11-13H,7,9-10H2,1-2H3,(H,20,23). The van der Waals surface area contributed by atoms with Crippen LogP contribution in [0, 0.1) is 5.92 Å². The fourth-order valence-electron chi connectivity index (χ4n) is 2.73. The molecule has 23 heavy (non-hydrogen) atoms. The van der Waals surface area contributed by atoms with Gasteiger partial charge in [0.2, 0.25) is 0 Å². The number of anilines is 1. The molecule has 6 heteroatoms. The van der Waals surface area contributed by atoms with E-state index in [1.54, 1.807) is 6.20 Å². The molecule has 0 spiro atoms. The van der Waals surface area contributed by atoms with Crippen LogP contribution in [0.1, 0.15) is 25.5 Å². The van der Waals surface area contributed by atoms with Gasteiger partial charge in [0, 0.05) is 29.8 Å². The topological polar surface area (TPSA) is 50.2 Å². The van der Waals surface area contributed by atoms with E-state index in [4.69, 9.17) is 0 Å². The maximum absolute atomic E-state index is 12.2. The number of likely N-dealkylation sites (tertiary alicyclic amines) is 1. The van der Waals surface area contributed by atoms with Gasteiger partial charge in [-0.25, -0.2) is 4.79 Å². The van der Waals surface area contributed by atoms with E-state index in [9.17, 15) is 4.79 Å². The number of hydrogen-bond acceptors (Lipinski definition) is 2. The number of nitrogens with one attached hydrogen (secondary N) is 1. The molecule has 0 unspecified atom stereocenters. The van der Waals surface area contributed by atoms with Crippen molar-refractivity contribution < 1.29 is 4.79 Å². The third-order valence-corrected chi connectivity index (χ3v) is 4.87. The molecular weight excluding hydrogens is 356 g/mol. The van der Waals surface area contributed by atoms with Crippen LogP contribution in [0.3, 0.4) is 0 Å². The first-order chi connectivity index (χ1) is 11.0. The van der Waals surface area contributed by atoms with Crippen molar-refractivity contribution in [1.82, 2.24) is 14.7 Å². The quantitative estimate of drug-likeness (QED) is 0.878. The number of carbonyl (C=O) groups is 1. The maximum Gasteiger partial charge on any atom is 0.321 e. The summed E-state index contributed by atoms with van der Waals surface area (Å²) in [4.78, 5) is 14.0. The summed E-state index contributed by atoms with van der Waals surface area (Å²) in [6.07, 6.45) is 4.55. The van der Waals surface area contributed by atoms with Gasteiger partial charge in [0.05, 0.1) is 11.9 Å². The fraction of sp³-hybridized carbons (Fsp3) is 0.412. The Morgan fingerprint density at radius 2 is 2.13 bits per heavy atom. The molecule has 0 atom stereocenters. The smallest absolute Gasteiger partial charge is 0.321 e. The fourth-order valence-corrected chi connectivity index (χ4v) is 3.17. The van der Waals surface area contributed by atoms with Crippen molar-refractivity contribution in [2.24, 2.45) is 5.92 Å². The van der Waals surface area contributed by atoms with Crippen LogP contribution < -0.4 is 5.32 Å². The van der Waals surface area contributed by atoms with Crippen LogP contribution in [0.2, 0.25) is 0 Å². The highest BCUT2D eigenvalue weighted by Gasteiger charge is 2.31. The average Bonchev–Trinajstić information content (AvgIpc) is 2.92. The van der Waals surface area contributed by atoms with Gasteiger partial charge in [-0.15, -0.1) is 0 Å². The van der Waals surface area contributed by atoms with Crippen LogP contribution in [0.15, 0.2) is 41.1 Å². The summed E-state index contributed by atoms with van der Waals surface area (Å²) in [6, 6.07) is 8.51. The summed E-state index contributed by atoms with van der Waals surface area (Å²) in [5, 5.41) is 7.14. The average molecular weight is 377 g/mol. The first kappa shape index (κ1) is 16.1. The number of urea groups is 1. The number of halogens is 1. The number of nitrogens with zero attached hydrogens (tertiary/aromatic N) is 3. The largest absolute Gasteiger partial charge is 0.324 e. The molecule has 1 aromatic carbocycles. The van der Waals surface area contributed by atoms with Crippen molar-refractivity contribution in [3.05, 3.63) is 46.7 Å². The van der Waals surface area contributed by atoms with Crippen LogP contribution in [0.25, 0.3) is 0 Å². The molecule has 3 rings (SSSR count). The molecule has 1 aliphatic heterocycles. The second kappa shape index (κ2) is 6.74. The molecule has 1 saturated heterocycles. The lowest BCUT2D eigenvalue weighted by atomic mass is 9.92. The van der Waals surface area contributed by atoms with Crippen molar-refractivity contribution in [2.75, 3.05) is 18.4 Å². The van der Waals surface area contributed by atoms with Crippen molar-refractivity contribution in [3.8, 4) is 0 Å². The first-order valence-electron chi connectivity index (χ1n) is 7.86. The monoisotopic (exact) mass is 376 g/mol. The molecule has 2 heterocycles. The second-order valence-corrected chi connectivity index (χ2v) is 7.15. The Bertz CT molecular complexity index is 691. The molecule has 2 aromatic rings. The van der Waals surface area contributed by atoms with Gasteiger partial charge >= 0.3 is 6.03 Å². The molecule has 1 aromatic heterocycles. The lowest BCUT2D eigenvalue weighted by Crippen LogP contribution is -2.52. The van der Waals surface area contributed by atoms with E-state index in [1.165, 1.54) is 5.56 Å². The number of amides is 2. The van der Waals surface area contributed by atoms with Crippen LogP contribution in [-0.4, -0.2) is 33.8 Å². The van der Waals surface area contributed by atoms with E-state index in [0.717, 1.165) is 29.7 Å². The van der Waals surface area contributed by atoms with Gasteiger partial charge in [0.25, 0.3) is 0 Å². The van der Waals surface area contributed by atoms with Crippen LogP contribution in [-0.2, 0) is 6.42 Å². The molecule has 1 N–H and O–H groups in total. The van der Waals surface area contributed by atoms with Crippen molar-refractivity contribution in [1.29, 1.82) is 0 Å². The van der Waals surface area contributed by atoms with E-state index in [1.807, 2.05) is 21.8 Å². The Morgan fingerprint density at radius 3 is 2.78 bits per heavy atom. The molecule has 0 radical (unpaired) electrons. The van der Waals surface area contributed by atoms with E-state index in [-0.39, 0.29) is 6.03 Å². The van der Waals surface area contributed by atoms with Gasteiger partial charge in [-0.2, -0.15) is 5.10 Å². The van der Waals surface area contributed by atoms with Crippen LogP contribution >= 0.6 is 15.9 Å². The number of benzene rings is 1. The number of carbonyl (C=O) groups excluding carboxylic acids is 1. The minimum atomic E-state index is -0.0447. The third-order valence-electron chi connectivity index (χ3n) is 4.09. The predicted molar refractivity (Wildman–Crippen MR) is 94.5 cm³/mol. The highest BCUT2D eigenvalue weighted by molar-refractivity contribution is 9.10. The van der Waals surface area contributed by atoms with E-state index in [0.29, 0.717) is 12.0 Å². The lowest BCUT2D eigenvalue weighted by Gasteiger charge is -2.39. The molecular formula is C17H21BrN4O. The van der Waals surface area contributed by atoms with E-state index < -0.39 is 0 Å². The molecule has 1 fully saturated rings. The molecule has 5 nitrogen and oxygen atoms in total.